The first kappa shape index (κ1) is 15.3. The molecule has 2 aromatic rings. The highest BCUT2D eigenvalue weighted by Gasteiger charge is 2.10. The molecule has 0 bridgehead atoms. The summed E-state index contributed by atoms with van der Waals surface area (Å²) >= 11 is 5.87. The number of ether oxygens (including phenoxy) is 2. The minimum Gasteiger partial charge on any atom is -0.490 e. The van der Waals surface area contributed by atoms with Crippen molar-refractivity contribution in [3.63, 3.8) is 0 Å². The van der Waals surface area contributed by atoms with E-state index < -0.39 is 5.97 Å². The van der Waals surface area contributed by atoms with Gasteiger partial charge in [-0.3, -0.25) is 0 Å². The Labute approximate surface area is 128 Å². The summed E-state index contributed by atoms with van der Waals surface area (Å²) in [6.45, 7) is 2.42. The van der Waals surface area contributed by atoms with Crippen LogP contribution in [0.3, 0.4) is 0 Å². The van der Waals surface area contributed by atoms with Crippen LogP contribution in [0.25, 0.3) is 0 Å². The van der Waals surface area contributed by atoms with Crippen molar-refractivity contribution in [2.24, 2.45) is 0 Å². The first-order valence-corrected chi connectivity index (χ1v) is 7.08. The molecule has 5 heteroatoms. The molecule has 0 spiro atoms. The van der Waals surface area contributed by atoms with E-state index in [1.54, 1.807) is 6.07 Å². The molecule has 0 fully saturated rings. The van der Waals surface area contributed by atoms with Gasteiger partial charge in [0.15, 0.2) is 0 Å². The predicted molar refractivity (Wildman–Crippen MR) is 80.8 cm³/mol. The molecule has 110 valence electrons. The number of aromatic nitrogens is 1. The average Bonchev–Trinajstić information content (AvgIpc) is 2.51. The predicted octanol–water partition coefficient (Wildman–Crippen LogP) is 3.53. The molecule has 0 unspecified atom stereocenters. The number of benzene rings is 1. The SMILES string of the molecule is CCc1cc(C(=O)OCCOc2ccccc2)cc(Cl)n1. The number of pyridine rings is 1. The summed E-state index contributed by atoms with van der Waals surface area (Å²) in [7, 11) is 0. The van der Waals surface area contributed by atoms with Gasteiger partial charge in [0.1, 0.15) is 24.1 Å². The third kappa shape index (κ3) is 4.76. The second kappa shape index (κ2) is 7.64. The van der Waals surface area contributed by atoms with Crippen LogP contribution in [0.5, 0.6) is 5.75 Å². The maximum absolute atomic E-state index is 11.9. The molecule has 0 aliphatic heterocycles. The van der Waals surface area contributed by atoms with Crippen molar-refractivity contribution in [2.75, 3.05) is 13.2 Å². The number of para-hydroxylation sites is 1. The molecule has 1 aromatic carbocycles. The maximum atomic E-state index is 11.9. The number of nitrogens with zero attached hydrogens (tertiary/aromatic N) is 1. The number of hydrogen-bond donors (Lipinski definition) is 0. The highest BCUT2D eigenvalue weighted by Crippen LogP contribution is 2.13. The van der Waals surface area contributed by atoms with Crippen molar-refractivity contribution in [1.29, 1.82) is 0 Å². The van der Waals surface area contributed by atoms with Crippen molar-refractivity contribution in [1.82, 2.24) is 4.98 Å². The molecule has 1 aromatic heterocycles. The highest BCUT2D eigenvalue weighted by atomic mass is 35.5. The molecule has 0 saturated heterocycles. The first-order chi connectivity index (χ1) is 10.2. The summed E-state index contributed by atoms with van der Waals surface area (Å²) in [5.74, 6) is 0.319. The van der Waals surface area contributed by atoms with Crippen molar-refractivity contribution in [2.45, 2.75) is 13.3 Å². The number of carbonyl (C=O) groups excluding carboxylic acids is 1. The average molecular weight is 306 g/mol. The summed E-state index contributed by atoms with van der Waals surface area (Å²) in [6.07, 6.45) is 0.706. The minimum absolute atomic E-state index is 0.176. The van der Waals surface area contributed by atoms with Crippen molar-refractivity contribution < 1.29 is 14.3 Å². The lowest BCUT2D eigenvalue weighted by Gasteiger charge is -2.08. The maximum Gasteiger partial charge on any atom is 0.338 e. The van der Waals surface area contributed by atoms with Gasteiger partial charge in [0.2, 0.25) is 0 Å². The summed E-state index contributed by atoms with van der Waals surface area (Å²) in [4.78, 5) is 16.0. The molecular weight excluding hydrogens is 290 g/mol. The van der Waals surface area contributed by atoms with Crippen molar-refractivity contribution in [3.05, 3.63) is 58.9 Å². The second-order valence-corrected chi connectivity index (χ2v) is 4.71. The summed E-state index contributed by atoms with van der Waals surface area (Å²) in [6, 6.07) is 12.5. The molecule has 4 nitrogen and oxygen atoms in total. The van der Waals surface area contributed by atoms with Gasteiger partial charge in [0.25, 0.3) is 0 Å². The van der Waals surface area contributed by atoms with Crippen LogP contribution < -0.4 is 4.74 Å². The van der Waals surface area contributed by atoms with Crippen LogP contribution in [0.1, 0.15) is 23.0 Å². The van der Waals surface area contributed by atoms with E-state index in [4.69, 9.17) is 21.1 Å². The number of esters is 1. The molecule has 0 aliphatic rings. The first-order valence-electron chi connectivity index (χ1n) is 6.70. The summed E-state index contributed by atoms with van der Waals surface area (Å²) in [5, 5.41) is 0.293. The van der Waals surface area contributed by atoms with Crippen LogP contribution in [0.2, 0.25) is 5.15 Å². The zero-order valence-corrected chi connectivity index (χ0v) is 12.5. The fourth-order valence-electron chi connectivity index (χ4n) is 1.74. The molecule has 2 rings (SSSR count). The Balaban J connectivity index is 1.83. The number of aryl methyl sites for hydroxylation is 1. The Hall–Kier alpha value is -2.07. The molecular formula is C16H16ClNO3. The smallest absolute Gasteiger partial charge is 0.338 e. The number of halogens is 1. The summed E-state index contributed by atoms with van der Waals surface area (Å²) in [5.41, 5.74) is 1.17. The van der Waals surface area contributed by atoms with E-state index in [1.807, 2.05) is 37.3 Å². The lowest BCUT2D eigenvalue weighted by Crippen LogP contribution is -2.13. The molecule has 1 heterocycles. The van der Waals surface area contributed by atoms with E-state index in [0.29, 0.717) is 23.7 Å². The Kier molecular flexibility index (Phi) is 5.58. The van der Waals surface area contributed by atoms with Gasteiger partial charge < -0.3 is 9.47 Å². The Morgan fingerprint density at radius 3 is 2.67 bits per heavy atom. The topological polar surface area (TPSA) is 48.4 Å². The molecule has 0 N–H and O–H groups in total. The van der Waals surface area contributed by atoms with Gasteiger partial charge in [-0.2, -0.15) is 0 Å². The van der Waals surface area contributed by atoms with E-state index >= 15 is 0 Å². The van der Waals surface area contributed by atoms with Gasteiger partial charge in [0.05, 0.1) is 5.56 Å². The van der Waals surface area contributed by atoms with Gasteiger partial charge in [-0.25, -0.2) is 9.78 Å². The molecule has 21 heavy (non-hydrogen) atoms. The highest BCUT2D eigenvalue weighted by molar-refractivity contribution is 6.29. The van der Waals surface area contributed by atoms with E-state index in [0.717, 1.165) is 11.4 Å². The van der Waals surface area contributed by atoms with Crippen LogP contribution in [0.15, 0.2) is 42.5 Å². The molecule has 0 atom stereocenters. The number of rotatable bonds is 6. The minimum atomic E-state index is -0.425. The van der Waals surface area contributed by atoms with Crippen LogP contribution in [-0.4, -0.2) is 24.2 Å². The van der Waals surface area contributed by atoms with E-state index in [2.05, 4.69) is 4.98 Å². The molecule has 0 saturated carbocycles. The summed E-state index contributed by atoms with van der Waals surface area (Å²) < 4.78 is 10.6. The number of hydrogen-bond acceptors (Lipinski definition) is 4. The zero-order valence-electron chi connectivity index (χ0n) is 11.7. The van der Waals surface area contributed by atoms with Gasteiger partial charge in [-0.1, -0.05) is 36.7 Å². The van der Waals surface area contributed by atoms with Gasteiger partial charge in [0, 0.05) is 5.69 Å². The van der Waals surface area contributed by atoms with Crippen LogP contribution in [-0.2, 0) is 11.2 Å². The Bertz CT molecular complexity index is 602. The lowest BCUT2D eigenvalue weighted by molar-refractivity contribution is 0.0450. The molecule has 0 aliphatic carbocycles. The largest absolute Gasteiger partial charge is 0.490 e. The van der Waals surface area contributed by atoms with Crippen molar-refractivity contribution >= 4 is 17.6 Å². The Morgan fingerprint density at radius 2 is 1.95 bits per heavy atom. The molecule has 0 amide bonds. The fourth-order valence-corrected chi connectivity index (χ4v) is 1.97. The lowest BCUT2D eigenvalue weighted by atomic mass is 10.2. The van der Waals surface area contributed by atoms with Crippen molar-refractivity contribution in [3.8, 4) is 5.75 Å². The van der Waals surface area contributed by atoms with Gasteiger partial charge in [-0.05, 0) is 30.7 Å². The van der Waals surface area contributed by atoms with Crippen LogP contribution in [0, 0.1) is 0 Å². The Morgan fingerprint density at radius 1 is 1.19 bits per heavy atom. The van der Waals surface area contributed by atoms with Crippen LogP contribution >= 0.6 is 11.6 Å². The van der Waals surface area contributed by atoms with E-state index in [9.17, 15) is 4.79 Å². The van der Waals surface area contributed by atoms with Crippen LogP contribution in [0.4, 0.5) is 0 Å². The standard InChI is InChI=1S/C16H16ClNO3/c1-2-13-10-12(11-15(17)18-13)16(19)21-9-8-20-14-6-4-3-5-7-14/h3-7,10-11H,2,8-9H2,1H3. The second-order valence-electron chi connectivity index (χ2n) is 4.32. The zero-order chi connectivity index (χ0) is 15.1. The fraction of sp³-hybridized carbons (Fsp3) is 0.250. The van der Waals surface area contributed by atoms with E-state index in [1.165, 1.54) is 6.07 Å². The monoisotopic (exact) mass is 305 g/mol. The third-order valence-electron chi connectivity index (χ3n) is 2.77. The van der Waals surface area contributed by atoms with Gasteiger partial charge >= 0.3 is 5.97 Å². The molecule has 0 radical (unpaired) electrons. The van der Waals surface area contributed by atoms with E-state index in [-0.39, 0.29) is 6.61 Å². The normalized spacial score (nSPS) is 10.2. The number of carbonyl (C=O) groups is 1. The quantitative estimate of drug-likeness (QED) is 0.465. The van der Waals surface area contributed by atoms with Gasteiger partial charge in [-0.15, -0.1) is 0 Å². The third-order valence-corrected chi connectivity index (χ3v) is 2.97.